The van der Waals surface area contributed by atoms with E-state index in [1.54, 1.807) is 18.3 Å². The quantitative estimate of drug-likeness (QED) is 0.492. The Kier molecular flexibility index (Phi) is 6.47. The fourth-order valence-electron chi connectivity index (χ4n) is 4.60. The second kappa shape index (κ2) is 9.46. The van der Waals surface area contributed by atoms with Gasteiger partial charge < -0.3 is 19.7 Å². The summed E-state index contributed by atoms with van der Waals surface area (Å²) in [6.07, 6.45) is 13.7. The first-order valence-electron chi connectivity index (χ1n) is 11.0. The van der Waals surface area contributed by atoms with Gasteiger partial charge in [0.15, 0.2) is 0 Å². The van der Waals surface area contributed by atoms with Crippen LogP contribution < -0.4 is 5.32 Å². The zero-order chi connectivity index (χ0) is 23.5. The minimum atomic E-state index is -0.242. The Hall–Kier alpha value is -3.64. The summed E-state index contributed by atoms with van der Waals surface area (Å²) in [4.78, 5) is 8.37. The molecule has 1 aromatic heterocycles. The zero-order valence-corrected chi connectivity index (χ0v) is 19.3. The maximum atomic E-state index is 14.8. The van der Waals surface area contributed by atoms with Crippen LogP contribution in [0.25, 0.3) is 16.5 Å². The molecule has 3 heterocycles. The van der Waals surface area contributed by atoms with Gasteiger partial charge in [-0.3, -0.25) is 4.99 Å². The maximum Gasteiger partial charge on any atom is 0.124 e. The average Bonchev–Trinajstić information content (AvgIpc) is 3.09. The molecule has 0 atom stereocenters. The molecule has 0 fully saturated rings. The van der Waals surface area contributed by atoms with Crippen molar-refractivity contribution < 1.29 is 4.39 Å². The van der Waals surface area contributed by atoms with Gasteiger partial charge >= 0.3 is 0 Å². The van der Waals surface area contributed by atoms with E-state index in [-0.39, 0.29) is 5.82 Å². The fourth-order valence-corrected chi connectivity index (χ4v) is 4.60. The van der Waals surface area contributed by atoms with E-state index in [2.05, 4.69) is 63.9 Å². The van der Waals surface area contributed by atoms with Crippen molar-refractivity contribution in [3.05, 3.63) is 102 Å². The van der Waals surface area contributed by atoms with Gasteiger partial charge in [0.25, 0.3) is 0 Å². The van der Waals surface area contributed by atoms with Crippen molar-refractivity contribution in [3.8, 4) is 0 Å². The van der Waals surface area contributed by atoms with E-state index < -0.39 is 0 Å². The summed E-state index contributed by atoms with van der Waals surface area (Å²) in [6, 6.07) is 3.27. The maximum absolute atomic E-state index is 14.8. The smallest absolute Gasteiger partial charge is 0.124 e. The highest BCUT2D eigenvalue weighted by Gasteiger charge is 2.24. The highest BCUT2D eigenvalue weighted by atomic mass is 19.1. The molecule has 0 bridgehead atoms. The number of aromatic nitrogens is 1. The van der Waals surface area contributed by atoms with Crippen molar-refractivity contribution in [3.63, 3.8) is 0 Å². The molecule has 0 saturated heterocycles. The minimum Gasteiger partial charge on any atom is -0.388 e. The topological polar surface area (TPSA) is 35.8 Å². The summed E-state index contributed by atoms with van der Waals surface area (Å²) in [5.41, 5.74) is 6.23. The van der Waals surface area contributed by atoms with Crippen molar-refractivity contribution in [2.24, 2.45) is 4.99 Å². The number of aliphatic imine (C=N–C) groups is 1. The number of rotatable bonds is 7. The Labute approximate surface area is 194 Å². The lowest BCUT2D eigenvalue weighted by molar-refractivity contribution is 0.322. The van der Waals surface area contributed by atoms with Crippen LogP contribution in [0, 0.1) is 5.82 Å². The number of allylic oxidation sites excluding steroid dienone is 4. The molecule has 1 N–H and O–H groups in total. The van der Waals surface area contributed by atoms with Crippen molar-refractivity contribution in [2.45, 2.75) is 13.1 Å². The van der Waals surface area contributed by atoms with Gasteiger partial charge in [-0.25, -0.2) is 4.39 Å². The SMILES string of the molecule is C=CC(/C(=C/N=C)N1C=CC=CC1)=C(\C(=C)NC)c1cn2c3c(cc(F)cc13)CN(C)CC2. The van der Waals surface area contributed by atoms with Gasteiger partial charge in [-0.2, -0.15) is 0 Å². The van der Waals surface area contributed by atoms with Crippen molar-refractivity contribution in [2.75, 3.05) is 27.2 Å². The first kappa shape index (κ1) is 22.6. The summed E-state index contributed by atoms with van der Waals surface area (Å²) in [5.74, 6) is -0.242. The predicted octanol–water partition coefficient (Wildman–Crippen LogP) is 4.83. The Morgan fingerprint density at radius 3 is 2.73 bits per heavy atom. The first-order chi connectivity index (χ1) is 16.0. The molecule has 2 aliphatic heterocycles. The molecule has 1 aromatic carbocycles. The van der Waals surface area contributed by atoms with Crippen LogP contribution in [-0.2, 0) is 13.1 Å². The van der Waals surface area contributed by atoms with Gasteiger partial charge in [-0.05, 0) is 37.5 Å². The Morgan fingerprint density at radius 1 is 1.24 bits per heavy atom. The summed E-state index contributed by atoms with van der Waals surface area (Å²) >= 11 is 0. The normalized spacial score (nSPS) is 17.1. The Balaban J connectivity index is 2.03. The Bertz CT molecular complexity index is 1240. The van der Waals surface area contributed by atoms with Crippen LogP contribution in [-0.4, -0.2) is 48.3 Å². The number of nitrogens with one attached hydrogen (secondary N) is 1. The third kappa shape index (κ3) is 4.22. The van der Waals surface area contributed by atoms with Crippen molar-refractivity contribution >= 4 is 23.2 Å². The second-order valence-corrected chi connectivity index (χ2v) is 8.28. The number of halogens is 1. The molecule has 0 unspecified atom stereocenters. The average molecular weight is 444 g/mol. The number of hydrogen-bond acceptors (Lipinski definition) is 4. The van der Waals surface area contributed by atoms with E-state index in [0.717, 1.165) is 57.7 Å². The molecule has 2 aliphatic rings. The lowest BCUT2D eigenvalue weighted by Gasteiger charge is -2.26. The lowest BCUT2D eigenvalue weighted by atomic mass is 9.93. The first-order valence-corrected chi connectivity index (χ1v) is 11.0. The van der Waals surface area contributed by atoms with E-state index in [9.17, 15) is 4.39 Å². The van der Waals surface area contributed by atoms with Crippen LogP contribution in [0.1, 0.15) is 11.1 Å². The second-order valence-electron chi connectivity index (χ2n) is 8.28. The molecule has 0 amide bonds. The molecule has 0 aliphatic carbocycles. The number of hydrogen-bond donors (Lipinski definition) is 1. The van der Waals surface area contributed by atoms with Crippen molar-refractivity contribution in [1.29, 1.82) is 0 Å². The fraction of sp³-hybridized carbons (Fsp3) is 0.222. The number of likely N-dealkylation sites (N-methyl/N-ethyl adjacent to an activating group) is 2. The molecule has 170 valence electrons. The van der Waals surface area contributed by atoms with E-state index in [0.29, 0.717) is 13.1 Å². The van der Waals surface area contributed by atoms with E-state index in [4.69, 9.17) is 0 Å². The van der Waals surface area contributed by atoms with Crippen LogP contribution in [0.2, 0.25) is 0 Å². The van der Waals surface area contributed by atoms with Crippen LogP contribution in [0.3, 0.4) is 0 Å². The molecule has 2 aromatic rings. The van der Waals surface area contributed by atoms with Crippen LogP contribution in [0.4, 0.5) is 4.39 Å². The van der Waals surface area contributed by atoms with Crippen LogP contribution >= 0.6 is 0 Å². The molecule has 0 radical (unpaired) electrons. The monoisotopic (exact) mass is 443 g/mol. The van der Waals surface area contributed by atoms with Crippen LogP contribution in [0.5, 0.6) is 0 Å². The molecule has 6 heteroatoms. The minimum absolute atomic E-state index is 0.242. The largest absolute Gasteiger partial charge is 0.388 e. The molecule has 0 saturated carbocycles. The van der Waals surface area contributed by atoms with E-state index in [1.165, 1.54) is 0 Å². The summed E-state index contributed by atoms with van der Waals surface area (Å²) in [6.45, 7) is 15.2. The van der Waals surface area contributed by atoms with Gasteiger partial charge in [0.05, 0.1) is 17.4 Å². The third-order valence-corrected chi connectivity index (χ3v) is 6.14. The molecule has 33 heavy (non-hydrogen) atoms. The molecule has 5 nitrogen and oxygen atoms in total. The molecular weight excluding hydrogens is 413 g/mol. The summed E-state index contributed by atoms with van der Waals surface area (Å²) in [5, 5.41) is 4.07. The van der Waals surface area contributed by atoms with Gasteiger partial charge in [-0.15, -0.1) is 0 Å². The molecule has 4 rings (SSSR count). The van der Waals surface area contributed by atoms with Gasteiger partial charge in [0.2, 0.25) is 0 Å². The highest BCUT2D eigenvalue weighted by Crippen LogP contribution is 2.38. The van der Waals surface area contributed by atoms with Gasteiger partial charge in [-0.1, -0.05) is 31.4 Å². The van der Waals surface area contributed by atoms with Crippen LogP contribution in [0.15, 0.2) is 90.2 Å². The van der Waals surface area contributed by atoms with Gasteiger partial charge in [0.1, 0.15) is 5.82 Å². The standard InChI is InChI=1S/C27H30FN5/c1-6-22(25(16-29-3)32-10-8-7-9-11-32)26(19(2)30-4)24-18-33-13-12-31(5)17-20-14-21(28)15-23(24)27(20)33/h6-10,14-16,18,30H,1-3,11-13,17H2,4-5H3/b25-16-,26-22-. The molecule has 0 spiro atoms. The van der Waals surface area contributed by atoms with Gasteiger partial charge in [0, 0.05) is 73.4 Å². The zero-order valence-electron chi connectivity index (χ0n) is 19.3. The predicted molar refractivity (Wildman–Crippen MR) is 136 cm³/mol. The highest BCUT2D eigenvalue weighted by molar-refractivity contribution is 6.00. The lowest BCUT2D eigenvalue weighted by Crippen LogP contribution is -2.21. The molecular formula is C27H30FN5. The summed E-state index contributed by atoms with van der Waals surface area (Å²) < 4.78 is 17.0. The Morgan fingerprint density at radius 2 is 2.06 bits per heavy atom. The number of benzene rings is 1. The third-order valence-electron chi connectivity index (χ3n) is 6.14. The number of nitrogens with zero attached hydrogens (tertiary/aromatic N) is 4. The van der Waals surface area contributed by atoms with Crippen molar-refractivity contribution in [1.82, 2.24) is 19.7 Å². The van der Waals surface area contributed by atoms with E-state index >= 15 is 0 Å². The van der Waals surface area contributed by atoms with E-state index in [1.807, 2.05) is 31.5 Å². The summed E-state index contributed by atoms with van der Waals surface area (Å²) in [7, 11) is 3.90.